The Morgan fingerprint density at radius 1 is 1.47 bits per heavy atom. The molecule has 0 saturated heterocycles. The first-order valence-electron chi connectivity index (χ1n) is 5.85. The molecule has 4 nitrogen and oxygen atoms in total. The summed E-state index contributed by atoms with van der Waals surface area (Å²) in [6.45, 7) is 4.71. The lowest BCUT2D eigenvalue weighted by Gasteiger charge is -2.19. The fraction of sp³-hybridized carbons (Fsp3) is 0.385. The van der Waals surface area contributed by atoms with Crippen LogP contribution in [0.5, 0.6) is 0 Å². The molecule has 0 spiro atoms. The number of aromatic amines is 1. The minimum absolute atomic E-state index is 0.273. The Bertz CT molecular complexity index is 547. The Balaban J connectivity index is 2.05. The molecular weight excluding hydrogens is 214 g/mol. The molecule has 88 valence electrons. The second kappa shape index (κ2) is 3.96. The number of aromatic nitrogens is 3. The highest BCUT2D eigenvalue weighted by Crippen LogP contribution is 2.28. The number of H-pyrrole nitrogens is 1. The zero-order valence-electron chi connectivity index (χ0n) is 10.0. The summed E-state index contributed by atoms with van der Waals surface area (Å²) in [4.78, 5) is 4.20. The first-order valence-corrected chi connectivity index (χ1v) is 5.85. The predicted octanol–water partition coefficient (Wildman–Crippen LogP) is 2.24. The number of ether oxygens (including phenoxy) is 1. The van der Waals surface area contributed by atoms with E-state index in [0.717, 1.165) is 23.4 Å². The van der Waals surface area contributed by atoms with Gasteiger partial charge in [0.1, 0.15) is 0 Å². The molecule has 4 heteroatoms. The van der Waals surface area contributed by atoms with Crippen LogP contribution < -0.4 is 0 Å². The van der Waals surface area contributed by atoms with E-state index < -0.39 is 0 Å². The fourth-order valence-electron chi connectivity index (χ4n) is 2.23. The van der Waals surface area contributed by atoms with Crippen LogP contribution in [0.4, 0.5) is 0 Å². The van der Waals surface area contributed by atoms with Crippen molar-refractivity contribution in [1.29, 1.82) is 0 Å². The Morgan fingerprint density at radius 2 is 2.35 bits per heavy atom. The predicted molar refractivity (Wildman–Crippen MR) is 64.5 cm³/mol. The van der Waals surface area contributed by atoms with E-state index in [9.17, 15) is 0 Å². The van der Waals surface area contributed by atoms with Gasteiger partial charge in [0, 0.05) is 35.1 Å². The van der Waals surface area contributed by atoms with Crippen LogP contribution in [0.3, 0.4) is 0 Å². The zero-order chi connectivity index (χ0) is 11.8. The standard InChI is InChI=1S/C13H15N3O/c1-8-5-10(3-4-14-8)13-11-7-17-9(2)6-12(11)15-16-13/h3-5,9H,6-7H2,1-2H3,(H,15,16). The van der Waals surface area contributed by atoms with E-state index >= 15 is 0 Å². The average Bonchev–Trinajstić information content (AvgIpc) is 2.71. The van der Waals surface area contributed by atoms with Crippen LogP contribution in [-0.4, -0.2) is 21.3 Å². The third kappa shape index (κ3) is 1.85. The lowest BCUT2D eigenvalue weighted by Crippen LogP contribution is -2.18. The maximum Gasteiger partial charge on any atom is 0.0980 e. The number of pyridine rings is 1. The molecule has 3 rings (SSSR count). The van der Waals surface area contributed by atoms with Gasteiger partial charge in [-0.05, 0) is 26.0 Å². The van der Waals surface area contributed by atoms with E-state index in [4.69, 9.17) is 4.74 Å². The summed E-state index contributed by atoms with van der Waals surface area (Å²) in [5.41, 5.74) is 5.50. The highest BCUT2D eigenvalue weighted by Gasteiger charge is 2.22. The lowest BCUT2D eigenvalue weighted by molar-refractivity contribution is 0.0407. The molecule has 1 N–H and O–H groups in total. The molecule has 0 aliphatic carbocycles. The van der Waals surface area contributed by atoms with Crippen molar-refractivity contribution in [2.75, 3.05) is 0 Å². The second-order valence-electron chi connectivity index (χ2n) is 4.54. The van der Waals surface area contributed by atoms with Crippen molar-refractivity contribution >= 4 is 0 Å². The van der Waals surface area contributed by atoms with Crippen molar-refractivity contribution in [2.24, 2.45) is 0 Å². The number of rotatable bonds is 1. The Kier molecular flexibility index (Phi) is 2.44. The maximum atomic E-state index is 5.68. The SMILES string of the molecule is Cc1cc(-c2n[nH]c3c2COC(C)C3)ccn1. The van der Waals surface area contributed by atoms with Gasteiger partial charge < -0.3 is 4.74 Å². The number of aryl methyl sites for hydroxylation is 1. The summed E-state index contributed by atoms with van der Waals surface area (Å²) in [7, 11) is 0. The normalized spacial score (nSPS) is 19.1. The van der Waals surface area contributed by atoms with Crippen LogP contribution in [0.1, 0.15) is 23.9 Å². The molecule has 0 aromatic carbocycles. The highest BCUT2D eigenvalue weighted by atomic mass is 16.5. The smallest absolute Gasteiger partial charge is 0.0980 e. The molecule has 3 heterocycles. The van der Waals surface area contributed by atoms with Crippen molar-refractivity contribution in [1.82, 2.24) is 15.2 Å². The average molecular weight is 229 g/mol. The largest absolute Gasteiger partial charge is 0.373 e. The maximum absolute atomic E-state index is 5.68. The Morgan fingerprint density at radius 3 is 3.18 bits per heavy atom. The topological polar surface area (TPSA) is 50.8 Å². The molecule has 1 unspecified atom stereocenters. The molecule has 17 heavy (non-hydrogen) atoms. The van der Waals surface area contributed by atoms with Crippen LogP contribution in [-0.2, 0) is 17.8 Å². The van der Waals surface area contributed by atoms with Crippen LogP contribution in [0.2, 0.25) is 0 Å². The summed E-state index contributed by atoms with van der Waals surface area (Å²) in [5, 5.41) is 7.53. The summed E-state index contributed by atoms with van der Waals surface area (Å²) >= 11 is 0. The van der Waals surface area contributed by atoms with Gasteiger partial charge in [-0.2, -0.15) is 5.10 Å². The zero-order valence-corrected chi connectivity index (χ0v) is 10.0. The number of nitrogens with zero attached hydrogens (tertiary/aromatic N) is 2. The minimum Gasteiger partial charge on any atom is -0.373 e. The van der Waals surface area contributed by atoms with Crippen LogP contribution in [0, 0.1) is 6.92 Å². The van der Waals surface area contributed by atoms with Crippen LogP contribution in [0.25, 0.3) is 11.3 Å². The Labute approximate surface area is 100 Å². The van der Waals surface area contributed by atoms with Gasteiger partial charge in [0.15, 0.2) is 0 Å². The van der Waals surface area contributed by atoms with Gasteiger partial charge in [0.2, 0.25) is 0 Å². The van der Waals surface area contributed by atoms with E-state index in [1.807, 2.05) is 19.2 Å². The van der Waals surface area contributed by atoms with E-state index in [2.05, 4.69) is 28.2 Å². The van der Waals surface area contributed by atoms with Crippen molar-refractivity contribution in [2.45, 2.75) is 33.0 Å². The van der Waals surface area contributed by atoms with Crippen LogP contribution in [0.15, 0.2) is 18.3 Å². The quantitative estimate of drug-likeness (QED) is 0.815. The lowest BCUT2D eigenvalue weighted by atomic mass is 10.0. The van der Waals surface area contributed by atoms with Gasteiger partial charge in [-0.3, -0.25) is 10.1 Å². The molecule has 0 radical (unpaired) electrons. The van der Waals surface area contributed by atoms with Gasteiger partial charge >= 0.3 is 0 Å². The van der Waals surface area contributed by atoms with Crippen molar-refractivity contribution in [3.8, 4) is 11.3 Å². The van der Waals surface area contributed by atoms with Crippen LogP contribution >= 0.6 is 0 Å². The minimum atomic E-state index is 0.273. The Hall–Kier alpha value is -1.68. The van der Waals surface area contributed by atoms with Gasteiger partial charge in [-0.1, -0.05) is 0 Å². The summed E-state index contributed by atoms with van der Waals surface area (Å²) in [6, 6.07) is 4.04. The molecule has 2 aromatic rings. The summed E-state index contributed by atoms with van der Waals surface area (Å²) in [5.74, 6) is 0. The van der Waals surface area contributed by atoms with Crippen molar-refractivity contribution < 1.29 is 4.74 Å². The molecule has 1 atom stereocenters. The molecule has 0 bridgehead atoms. The number of nitrogens with one attached hydrogen (secondary N) is 1. The molecule has 0 fully saturated rings. The molecule has 2 aromatic heterocycles. The molecule has 1 aliphatic rings. The van der Waals surface area contributed by atoms with Crippen molar-refractivity contribution in [3.63, 3.8) is 0 Å². The van der Waals surface area contributed by atoms with Gasteiger partial charge in [-0.25, -0.2) is 0 Å². The number of hydrogen-bond donors (Lipinski definition) is 1. The molecule has 0 saturated carbocycles. The molecule has 0 amide bonds. The van der Waals surface area contributed by atoms with Gasteiger partial charge in [0.05, 0.1) is 18.4 Å². The second-order valence-corrected chi connectivity index (χ2v) is 4.54. The van der Waals surface area contributed by atoms with Gasteiger partial charge in [0.25, 0.3) is 0 Å². The fourth-order valence-corrected chi connectivity index (χ4v) is 2.23. The highest BCUT2D eigenvalue weighted by molar-refractivity contribution is 5.64. The third-order valence-corrected chi connectivity index (χ3v) is 3.13. The van der Waals surface area contributed by atoms with E-state index in [0.29, 0.717) is 6.61 Å². The molecule has 1 aliphatic heterocycles. The first kappa shape index (κ1) is 10.5. The van der Waals surface area contributed by atoms with E-state index in [-0.39, 0.29) is 6.10 Å². The summed E-state index contributed by atoms with van der Waals surface area (Å²) < 4.78 is 5.68. The number of fused-ring (bicyclic) bond motifs is 1. The van der Waals surface area contributed by atoms with E-state index in [1.54, 1.807) is 0 Å². The van der Waals surface area contributed by atoms with E-state index in [1.165, 1.54) is 11.3 Å². The third-order valence-electron chi connectivity index (χ3n) is 3.13. The van der Waals surface area contributed by atoms with Crippen molar-refractivity contribution in [3.05, 3.63) is 35.3 Å². The number of hydrogen-bond acceptors (Lipinski definition) is 3. The monoisotopic (exact) mass is 229 g/mol. The molecular formula is C13H15N3O. The first-order chi connectivity index (χ1) is 8.24. The summed E-state index contributed by atoms with van der Waals surface area (Å²) in [6.07, 6.45) is 3.00. The van der Waals surface area contributed by atoms with Gasteiger partial charge in [-0.15, -0.1) is 0 Å².